The average Bonchev–Trinajstić information content (AvgIpc) is 3.24. The minimum Gasteiger partial charge on any atom is -0.343 e. The zero-order valence-corrected chi connectivity index (χ0v) is 21.8. The number of halogens is 1. The predicted octanol–water partition coefficient (Wildman–Crippen LogP) is 4.98. The Morgan fingerprint density at radius 1 is 1.06 bits per heavy atom. The molecule has 1 unspecified atom stereocenters. The summed E-state index contributed by atoms with van der Waals surface area (Å²) in [5.41, 5.74) is 3.14. The van der Waals surface area contributed by atoms with E-state index in [0.717, 1.165) is 10.4 Å². The van der Waals surface area contributed by atoms with E-state index in [9.17, 15) is 13.8 Å². The van der Waals surface area contributed by atoms with Crippen molar-refractivity contribution in [2.75, 3.05) is 16.6 Å². The van der Waals surface area contributed by atoms with Gasteiger partial charge in [0, 0.05) is 17.3 Å². The maximum atomic E-state index is 12.7. The highest BCUT2D eigenvalue weighted by molar-refractivity contribution is 7.86. The summed E-state index contributed by atoms with van der Waals surface area (Å²) in [4.78, 5) is 34.8. The topological polar surface area (TPSA) is 113 Å². The molecular formula is C25H22ClN5O3S2. The number of aryl methyl sites for hydroxylation is 2. The molecule has 0 fully saturated rings. The van der Waals surface area contributed by atoms with Crippen molar-refractivity contribution in [2.45, 2.75) is 18.7 Å². The van der Waals surface area contributed by atoms with Crippen LogP contribution in [0.4, 0.5) is 10.8 Å². The Morgan fingerprint density at radius 3 is 2.53 bits per heavy atom. The molecule has 2 aromatic carbocycles. The Balaban J connectivity index is 1.43. The molecule has 36 heavy (non-hydrogen) atoms. The molecular weight excluding hydrogens is 518 g/mol. The van der Waals surface area contributed by atoms with E-state index in [1.54, 1.807) is 48.7 Å². The molecule has 4 aromatic rings. The molecule has 0 radical (unpaired) electrons. The standard InChI is InChI=1S/C25H22ClN5O3S2/c1-15-8-6-7-11-19(15)24(33)28-14-21(32)30-25-29-16(2)22(35-25)17-12-20(23(26)27-13-17)31-36(34)18-9-4-3-5-10-18/h3-13,31H,14H2,1-2H3,(H,28,33)(H,29,30,32). The van der Waals surface area contributed by atoms with Gasteiger partial charge in [0.15, 0.2) is 10.3 Å². The number of rotatable bonds is 8. The number of anilines is 2. The SMILES string of the molecule is Cc1ccccc1C(=O)NCC(=O)Nc1nc(C)c(-c2cnc(Cl)c(NS(=O)c3ccccc3)c2)s1. The molecule has 0 aliphatic heterocycles. The van der Waals surface area contributed by atoms with Gasteiger partial charge in [0.05, 0.1) is 27.7 Å². The molecule has 2 amide bonds. The van der Waals surface area contributed by atoms with Crippen molar-refractivity contribution in [3.63, 3.8) is 0 Å². The summed E-state index contributed by atoms with van der Waals surface area (Å²) >= 11 is 7.49. The van der Waals surface area contributed by atoms with E-state index in [1.165, 1.54) is 11.3 Å². The fourth-order valence-corrected chi connectivity index (χ4v) is 5.36. The smallest absolute Gasteiger partial charge is 0.251 e. The maximum absolute atomic E-state index is 12.7. The van der Waals surface area contributed by atoms with Crippen LogP contribution < -0.4 is 15.4 Å². The molecule has 3 N–H and O–H groups in total. The van der Waals surface area contributed by atoms with Gasteiger partial charge >= 0.3 is 0 Å². The van der Waals surface area contributed by atoms with Crippen LogP contribution in [0.25, 0.3) is 10.4 Å². The first-order valence-electron chi connectivity index (χ1n) is 10.8. The fourth-order valence-electron chi connectivity index (χ4n) is 3.31. The van der Waals surface area contributed by atoms with Gasteiger partial charge in [-0.05, 0) is 43.7 Å². The van der Waals surface area contributed by atoms with Crippen molar-refractivity contribution in [1.82, 2.24) is 15.3 Å². The molecule has 4 rings (SSSR count). The van der Waals surface area contributed by atoms with Crippen molar-refractivity contribution < 1.29 is 13.8 Å². The molecule has 184 valence electrons. The number of nitrogens with zero attached hydrogens (tertiary/aromatic N) is 2. The second kappa shape index (κ2) is 11.4. The lowest BCUT2D eigenvalue weighted by atomic mass is 10.1. The van der Waals surface area contributed by atoms with Gasteiger partial charge in [-0.1, -0.05) is 59.3 Å². The Labute approximate surface area is 219 Å². The van der Waals surface area contributed by atoms with Crippen LogP contribution >= 0.6 is 22.9 Å². The summed E-state index contributed by atoms with van der Waals surface area (Å²) in [6.07, 6.45) is 1.59. The highest BCUT2D eigenvalue weighted by Crippen LogP contribution is 2.35. The quantitative estimate of drug-likeness (QED) is 0.273. The third-order valence-corrected chi connectivity index (χ3v) is 7.63. The van der Waals surface area contributed by atoms with Crippen molar-refractivity contribution in [3.05, 3.63) is 88.8 Å². The van der Waals surface area contributed by atoms with Crippen LogP contribution in [0.15, 0.2) is 71.8 Å². The molecule has 0 aliphatic rings. The molecule has 2 heterocycles. The molecule has 8 nitrogen and oxygen atoms in total. The number of aromatic nitrogens is 2. The lowest BCUT2D eigenvalue weighted by Gasteiger charge is -2.09. The number of hydrogen-bond donors (Lipinski definition) is 3. The van der Waals surface area contributed by atoms with Gasteiger partial charge in [0.25, 0.3) is 5.91 Å². The Bertz CT molecular complexity index is 1440. The maximum Gasteiger partial charge on any atom is 0.251 e. The van der Waals surface area contributed by atoms with Crippen molar-refractivity contribution >= 4 is 56.6 Å². The Hall–Kier alpha value is -3.60. The first-order valence-corrected chi connectivity index (χ1v) is 13.2. The minimum absolute atomic E-state index is 0.183. The lowest BCUT2D eigenvalue weighted by Crippen LogP contribution is -2.33. The van der Waals surface area contributed by atoms with E-state index < -0.39 is 16.9 Å². The first-order chi connectivity index (χ1) is 17.3. The highest BCUT2D eigenvalue weighted by Gasteiger charge is 2.16. The second-order valence-corrected chi connectivity index (χ2v) is 10.3. The summed E-state index contributed by atoms with van der Waals surface area (Å²) in [5, 5.41) is 5.91. The van der Waals surface area contributed by atoms with Gasteiger partial charge in [-0.25, -0.2) is 14.2 Å². The molecule has 0 aliphatic carbocycles. The van der Waals surface area contributed by atoms with Crippen molar-refractivity contribution in [1.29, 1.82) is 0 Å². The van der Waals surface area contributed by atoms with Gasteiger partial charge in [-0.2, -0.15) is 0 Å². The van der Waals surface area contributed by atoms with E-state index in [1.807, 2.05) is 32.0 Å². The van der Waals surface area contributed by atoms with Crippen LogP contribution in [-0.4, -0.2) is 32.5 Å². The fraction of sp³-hybridized carbons (Fsp3) is 0.120. The van der Waals surface area contributed by atoms with Crippen molar-refractivity contribution in [2.24, 2.45) is 0 Å². The van der Waals surface area contributed by atoms with E-state index >= 15 is 0 Å². The summed E-state index contributed by atoms with van der Waals surface area (Å²) in [7, 11) is -1.52. The Kier molecular flexibility index (Phi) is 8.09. The van der Waals surface area contributed by atoms with Gasteiger partial charge in [0.1, 0.15) is 11.0 Å². The zero-order chi connectivity index (χ0) is 25.7. The van der Waals surface area contributed by atoms with E-state index in [0.29, 0.717) is 32.5 Å². The molecule has 11 heteroatoms. The van der Waals surface area contributed by atoms with Crippen LogP contribution in [0.5, 0.6) is 0 Å². The summed E-state index contributed by atoms with van der Waals surface area (Å²) in [6.45, 7) is 3.45. The molecule has 0 bridgehead atoms. The number of thiazole rings is 1. The third-order valence-electron chi connectivity index (χ3n) is 5.10. The number of nitrogens with one attached hydrogen (secondary N) is 3. The summed E-state index contributed by atoms with van der Waals surface area (Å²) in [5.74, 6) is -0.716. The van der Waals surface area contributed by atoms with Gasteiger partial charge in [0.2, 0.25) is 5.91 Å². The highest BCUT2D eigenvalue weighted by atomic mass is 35.5. The number of carbonyl (C=O) groups is 2. The molecule has 0 saturated carbocycles. The van der Waals surface area contributed by atoms with Gasteiger partial charge < -0.3 is 10.6 Å². The predicted molar refractivity (Wildman–Crippen MR) is 144 cm³/mol. The number of benzene rings is 2. The van der Waals surface area contributed by atoms with Crippen LogP contribution in [-0.2, 0) is 15.8 Å². The summed E-state index contributed by atoms with van der Waals surface area (Å²) < 4.78 is 15.5. The monoisotopic (exact) mass is 539 g/mol. The van der Waals surface area contributed by atoms with E-state index in [-0.39, 0.29) is 17.6 Å². The number of hydrogen-bond acceptors (Lipinski definition) is 6. The third kappa shape index (κ3) is 6.14. The van der Waals surface area contributed by atoms with E-state index in [4.69, 9.17) is 11.6 Å². The number of pyridine rings is 1. The van der Waals surface area contributed by atoms with E-state index in [2.05, 4.69) is 25.3 Å². The zero-order valence-electron chi connectivity index (χ0n) is 19.4. The molecule has 0 spiro atoms. The first kappa shape index (κ1) is 25.5. The van der Waals surface area contributed by atoms with Crippen LogP contribution in [0.1, 0.15) is 21.6 Å². The van der Waals surface area contributed by atoms with Crippen LogP contribution in [0.2, 0.25) is 5.15 Å². The lowest BCUT2D eigenvalue weighted by molar-refractivity contribution is -0.115. The second-order valence-electron chi connectivity index (χ2n) is 7.73. The summed E-state index contributed by atoms with van der Waals surface area (Å²) in [6, 6.07) is 17.8. The number of carbonyl (C=O) groups excluding carboxylic acids is 2. The normalized spacial score (nSPS) is 11.5. The number of amides is 2. The van der Waals surface area contributed by atoms with Gasteiger partial charge in [-0.3, -0.25) is 14.3 Å². The van der Waals surface area contributed by atoms with Crippen LogP contribution in [0.3, 0.4) is 0 Å². The van der Waals surface area contributed by atoms with Crippen molar-refractivity contribution in [3.8, 4) is 10.4 Å². The molecule has 2 aromatic heterocycles. The minimum atomic E-state index is -1.52. The van der Waals surface area contributed by atoms with Gasteiger partial charge in [-0.15, -0.1) is 0 Å². The van der Waals surface area contributed by atoms with Crippen LogP contribution in [0, 0.1) is 13.8 Å². The molecule has 0 saturated heterocycles. The molecule has 1 atom stereocenters. The largest absolute Gasteiger partial charge is 0.343 e. The average molecular weight is 540 g/mol. The Morgan fingerprint density at radius 2 is 1.78 bits per heavy atom.